The number of benzene rings is 2. The Morgan fingerprint density at radius 3 is 2.25 bits per heavy atom. The fourth-order valence-electron chi connectivity index (χ4n) is 2.35. The first-order valence-corrected chi connectivity index (χ1v) is 8.25. The zero-order chi connectivity index (χ0) is 20.7. The highest BCUT2D eigenvalue weighted by Crippen LogP contribution is 2.34. The van der Waals surface area contributed by atoms with E-state index in [2.05, 4.69) is 5.32 Å². The second-order valence-electron chi connectivity index (χ2n) is 5.82. The molecule has 1 amide bonds. The van der Waals surface area contributed by atoms with Gasteiger partial charge < -0.3 is 19.5 Å². The van der Waals surface area contributed by atoms with Crippen LogP contribution in [0.4, 0.5) is 5.69 Å². The lowest BCUT2D eigenvalue weighted by atomic mass is 10.1. The summed E-state index contributed by atoms with van der Waals surface area (Å²) in [5, 5.41) is 13.8. The number of nitro groups is 1. The van der Waals surface area contributed by atoms with Crippen LogP contribution in [0.2, 0.25) is 0 Å². The number of esters is 1. The van der Waals surface area contributed by atoms with Gasteiger partial charge in [0.05, 0.1) is 25.2 Å². The molecule has 2 aromatic carbocycles. The molecule has 9 nitrogen and oxygen atoms in total. The van der Waals surface area contributed by atoms with Gasteiger partial charge >= 0.3 is 5.97 Å². The van der Waals surface area contributed by atoms with Crippen molar-refractivity contribution >= 4 is 17.6 Å². The summed E-state index contributed by atoms with van der Waals surface area (Å²) >= 11 is 0. The summed E-state index contributed by atoms with van der Waals surface area (Å²) in [4.78, 5) is 34.6. The van der Waals surface area contributed by atoms with Crippen LogP contribution in [-0.2, 0) is 16.1 Å². The van der Waals surface area contributed by atoms with Crippen molar-refractivity contribution in [2.75, 3.05) is 20.8 Å². The van der Waals surface area contributed by atoms with E-state index in [1.54, 1.807) is 0 Å². The highest BCUT2D eigenvalue weighted by molar-refractivity contribution is 5.96. The van der Waals surface area contributed by atoms with Crippen LogP contribution in [0, 0.1) is 17.0 Å². The van der Waals surface area contributed by atoms with Crippen LogP contribution in [0.5, 0.6) is 11.5 Å². The molecule has 0 aliphatic rings. The Morgan fingerprint density at radius 2 is 1.68 bits per heavy atom. The molecule has 0 aromatic heterocycles. The third kappa shape index (κ3) is 5.19. The Kier molecular flexibility index (Phi) is 6.91. The average Bonchev–Trinajstić information content (AvgIpc) is 2.70. The van der Waals surface area contributed by atoms with Crippen LogP contribution >= 0.6 is 0 Å². The van der Waals surface area contributed by atoms with Gasteiger partial charge in [0.2, 0.25) is 0 Å². The number of nitrogens with zero attached hydrogens (tertiary/aromatic N) is 1. The first-order valence-electron chi connectivity index (χ1n) is 8.25. The molecule has 0 spiro atoms. The first-order chi connectivity index (χ1) is 13.3. The number of rotatable bonds is 8. The van der Waals surface area contributed by atoms with Crippen molar-refractivity contribution in [3.8, 4) is 11.5 Å². The van der Waals surface area contributed by atoms with E-state index in [0.29, 0.717) is 0 Å². The minimum atomic E-state index is -1.02. The van der Waals surface area contributed by atoms with Gasteiger partial charge in [0.1, 0.15) is 5.56 Å². The Hall–Kier alpha value is -3.62. The molecule has 2 aromatic rings. The topological polar surface area (TPSA) is 117 Å². The van der Waals surface area contributed by atoms with Gasteiger partial charge in [0.25, 0.3) is 11.6 Å². The highest BCUT2D eigenvalue weighted by Gasteiger charge is 2.26. The second-order valence-corrected chi connectivity index (χ2v) is 5.82. The van der Waals surface area contributed by atoms with Crippen LogP contribution in [-0.4, -0.2) is 37.6 Å². The molecule has 0 unspecified atom stereocenters. The van der Waals surface area contributed by atoms with Gasteiger partial charge in [-0.3, -0.25) is 14.9 Å². The average molecular weight is 388 g/mol. The fourth-order valence-corrected chi connectivity index (χ4v) is 2.35. The lowest BCUT2D eigenvalue weighted by Crippen LogP contribution is -2.28. The molecule has 9 heteroatoms. The number of ether oxygens (including phenoxy) is 3. The molecular formula is C19H20N2O7. The number of amides is 1. The quantitative estimate of drug-likeness (QED) is 0.419. The molecule has 0 heterocycles. The van der Waals surface area contributed by atoms with Gasteiger partial charge in [-0.05, 0) is 12.5 Å². The molecule has 0 bridgehead atoms. The van der Waals surface area contributed by atoms with E-state index in [9.17, 15) is 19.7 Å². The second kappa shape index (κ2) is 9.36. The van der Waals surface area contributed by atoms with Crippen LogP contribution in [0.25, 0.3) is 0 Å². The molecule has 0 aliphatic heterocycles. The van der Waals surface area contributed by atoms with Crippen molar-refractivity contribution in [3.05, 3.63) is 63.2 Å². The number of hydrogen-bond acceptors (Lipinski definition) is 7. The van der Waals surface area contributed by atoms with Crippen molar-refractivity contribution in [1.29, 1.82) is 0 Å². The summed E-state index contributed by atoms with van der Waals surface area (Å²) in [7, 11) is 2.65. The maximum atomic E-state index is 12.3. The maximum Gasteiger partial charge on any atom is 0.345 e. The predicted octanol–water partition coefficient (Wildman–Crippen LogP) is 2.39. The van der Waals surface area contributed by atoms with Crippen LogP contribution in [0.3, 0.4) is 0 Å². The Balaban J connectivity index is 2.02. The van der Waals surface area contributed by atoms with Crippen molar-refractivity contribution in [1.82, 2.24) is 5.32 Å². The van der Waals surface area contributed by atoms with Crippen LogP contribution in [0.15, 0.2) is 36.4 Å². The zero-order valence-corrected chi connectivity index (χ0v) is 15.7. The molecule has 1 N–H and O–H groups in total. The smallest absolute Gasteiger partial charge is 0.345 e. The maximum absolute atomic E-state index is 12.3. The number of nitro benzene ring substituents is 1. The summed E-state index contributed by atoms with van der Waals surface area (Å²) in [6.45, 7) is 1.65. The van der Waals surface area contributed by atoms with Gasteiger partial charge in [-0.15, -0.1) is 0 Å². The zero-order valence-electron chi connectivity index (χ0n) is 15.7. The molecule has 0 radical (unpaired) electrons. The molecule has 2 rings (SSSR count). The van der Waals surface area contributed by atoms with E-state index in [4.69, 9.17) is 14.2 Å². The largest absolute Gasteiger partial charge is 0.493 e. The van der Waals surface area contributed by atoms with E-state index in [-0.39, 0.29) is 23.6 Å². The number of methoxy groups -OCH3 is 2. The summed E-state index contributed by atoms with van der Waals surface area (Å²) in [5.41, 5.74) is 1.14. The van der Waals surface area contributed by atoms with Crippen LogP contribution < -0.4 is 14.8 Å². The molecule has 0 saturated heterocycles. The van der Waals surface area contributed by atoms with E-state index in [0.717, 1.165) is 23.3 Å². The minimum absolute atomic E-state index is 0.0987. The summed E-state index contributed by atoms with van der Waals surface area (Å²) in [5.74, 6) is -1.32. The number of hydrogen-bond donors (Lipinski definition) is 1. The molecule has 0 atom stereocenters. The van der Waals surface area contributed by atoms with E-state index in [1.165, 1.54) is 14.2 Å². The van der Waals surface area contributed by atoms with Gasteiger partial charge in [-0.1, -0.05) is 29.8 Å². The minimum Gasteiger partial charge on any atom is -0.493 e. The molecule has 28 heavy (non-hydrogen) atoms. The third-order valence-electron chi connectivity index (χ3n) is 3.86. The third-order valence-corrected chi connectivity index (χ3v) is 3.86. The normalized spacial score (nSPS) is 10.1. The number of carbonyl (C=O) groups excluding carboxylic acids is 2. The predicted molar refractivity (Wildman–Crippen MR) is 99.5 cm³/mol. The van der Waals surface area contributed by atoms with Crippen molar-refractivity contribution in [2.24, 2.45) is 0 Å². The van der Waals surface area contributed by atoms with Gasteiger partial charge in [0, 0.05) is 12.6 Å². The number of aryl methyl sites for hydroxylation is 1. The van der Waals surface area contributed by atoms with Crippen LogP contribution in [0.1, 0.15) is 21.5 Å². The fraction of sp³-hybridized carbons (Fsp3) is 0.263. The molecule has 148 valence electrons. The standard InChI is InChI=1S/C19H20N2O7/c1-12-4-6-13(7-5-12)10-20-18(22)11-28-19(23)14-8-16(26-2)17(27-3)9-15(14)21(24)25/h4-9H,10-11H2,1-3H3,(H,20,22). The first kappa shape index (κ1) is 20.7. The molecule has 0 fully saturated rings. The van der Waals surface area contributed by atoms with Crippen molar-refractivity contribution < 1.29 is 28.7 Å². The Morgan fingerprint density at radius 1 is 1.07 bits per heavy atom. The molecule has 0 saturated carbocycles. The molecular weight excluding hydrogens is 368 g/mol. The van der Waals surface area contributed by atoms with E-state index < -0.39 is 29.1 Å². The summed E-state index contributed by atoms with van der Waals surface area (Å²) < 4.78 is 15.0. The van der Waals surface area contributed by atoms with Gasteiger partial charge in [0.15, 0.2) is 18.1 Å². The van der Waals surface area contributed by atoms with E-state index in [1.807, 2.05) is 31.2 Å². The summed E-state index contributed by atoms with van der Waals surface area (Å²) in [6.07, 6.45) is 0. The number of carbonyl (C=O) groups is 2. The Bertz CT molecular complexity index is 879. The lowest BCUT2D eigenvalue weighted by Gasteiger charge is -2.10. The molecule has 0 aliphatic carbocycles. The SMILES string of the molecule is COc1cc(C(=O)OCC(=O)NCc2ccc(C)cc2)c([N+](=O)[O-])cc1OC. The monoisotopic (exact) mass is 388 g/mol. The van der Waals surface area contributed by atoms with Crippen molar-refractivity contribution in [2.45, 2.75) is 13.5 Å². The van der Waals surface area contributed by atoms with E-state index >= 15 is 0 Å². The Labute approximate surface area is 161 Å². The van der Waals surface area contributed by atoms with Gasteiger partial charge in [-0.2, -0.15) is 0 Å². The highest BCUT2D eigenvalue weighted by atomic mass is 16.6. The van der Waals surface area contributed by atoms with Gasteiger partial charge in [-0.25, -0.2) is 4.79 Å². The van der Waals surface area contributed by atoms with Crippen molar-refractivity contribution in [3.63, 3.8) is 0 Å². The lowest BCUT2D eigenvalue weighted by molar-refractivity contribution is -0.385. The number of nitrogens with one attached hydrogen (secondary N) is 1. The summed E-state index contributed by atoms with van der Waals surface area (Å²) in [6, 6.07) is 9.77.